The fourth-order valence-electron chi connectivity index (χ4n) is 1.76. The molecule has 2 aromatic rings. The summed E-state index contributed by atoms with van der Waals surface area (Å²) in [4.78, 5) is 21.8. The maximum atomic E-state index is 13.1. The first kappa shape index (κ1) is 11.1. The second kappa shape index (κ2) is 3.89. The molecular weight excluding hydrogens is 227 g/mol. The molecule has 17 heavy (non-hydrogen) atoms. The van der Waals surface area contributed by atoms with Gasteiger partial charge < -0.3 is 10.8 Å². The number of aliphatic carboxylic acids is 1. The first-order valence-corrected chi connectivity index (χ1v) is 4.80. The first-order chi connectivity index (χ1) is 7.99. The van der Waals surface area contributed by atoms with E-state index >= 15 is 0 Å². The molecule has 3 N–H and O–H groups in total. The van der Waals surface area contributed by atoms with Gasteiger partial charge in [-0.05, 0) is 23.8 Å². The van der Waals surface area contributed by atoms with Gasteiger partial charge in [0.15, 0.2) is 0 Å². The minimum absolute atomic E-state index is 0.291. The van der Waals surface area contributed by atoms with Crippen molar-refractivity contribution in [2.75, 3.05) is 0 Å². The molecule has 0 aliphatic carbocycles. The van der Waals surface area contributed by atoms with E-state index in [0.29, 0.717) is 16.5 Å². The molecule has 1 aromatic carbocycles. The Bertz CT molecular complexity index is 618. The Labute approximate surface area is 95.2 Å². The van der Waals surface area contributed by atoms with Gasteiger partial charge in [0.05, 0.1) is 11.9 Å². The number of carboxylic acid groups (broad SMARTS) is 1. The van der Waals surface area contributed by atoms with Crippen LogP contribution in [0.15, 0.2) is 24.4 Å². The summed E-state index contributed by atoms with van der Waals surface area (Å²) >= 11 is 0. The quantitative estimate of drug-likeness (QED) is 0.824. The molecule has 0 spiro atoms. The monoisotopic (exact) mass is 236 g/mol. The third-order valence-electron chi connectivity index (χ3n) is 2.43. The van der Waals surface area contributed by atoms with Crippen LogP contribution in [0.1, 0.15) is 5.56 Å². The molecule has 0 bridgehead atoms. The summed E-state index contributed by atoms with van der Waals surface area (Å²) in [7, 11) is 0. The van der Waals surface area contributed by atoms with Crippen LogP contribution < -0.4 is 5.73 Å². The number of rotatable bonds is 2. The summed E-state index contributed by atoms with van der Waals surface area (Å²) in [6, 6.07) is 3.03. The highest BCUT2D eigenvalue weighted by atomic mass is 19.1. The summed E-state index contributed by atoms with van der Waals surface area (Å²) in [5.74, 6) is -1.55. The van der Waals surface area contributed by atoms with Crippen LogP contribution in [0.5, 0.6) is 0 Å². The van der Waals surface area contributed by atoms with Crippen molar-refractivity contribution in [2.24, 2.45) is 5.73 Å². The average Bonchev–Trinajstić information content (AvgIpc) is 2.56. The van der Waals surface area contributed by atoms with E-state index in [4.69, 9.17) is 10.8 Å². The summed E-state index contributed by atoms with van der Waals surface area (Å²) in [5.41, 5.74) is 5.90. The Balaban J connectivity index is 2.70. The lowest BCUT2D eigenvalue weighted by molar-refractivity contribution is -0.136. The predicted molar refractivity (Wildman–Crippen MR) is 58.2 cm³/mol. The van der Waals surface area contributed by atoms with Crippen LogP contribution in [0, 0.1) is 5.82 Å². The largest absolute Gasteiger partial charge is 0.481 e. The summed E-state index contributed by atoms with van der Waals surface area (Å²) in [6.07, 6.45) is 1.03. The normalized spacial score (nSPS) is 10.6. The van der Waals surface area contributed by atoms with Gasteiger partial charge in [0.2, 0.25) is 0 Å². The van der Waals surface area contributed by atoms with Gasteiger partial charge in [-0.2, -0.15) is 0 Å². The second-order valence-corrected chi connectivity index (χ2v) is 3.59. The Kier molecular flexibility index (Phi) is 2.55. The highest BCUT2D eigenvalue weighted by Gasteiger charge is 2.14. The summed E-state index contributed by atoms with van der Waals surface area (Å²) in [5, 5.41) is 9.11. The van der Waals surface area contributed by atoms with Gasteiger partial charge in [-0.25, -0.2) is 9.18 Å². The highest BCUT2D eigenvalue weighted by molar-refractivity contribution is 5.94. The van der Waals surface area contributed by atoms with E-state index in [1.807, 2.05) is 0 Å². The van der Waals surface area contributed by atoms with Crippen molar-refractivity contribution in [3.8, 4) is 0 Å². The number of nitrogens with two attached hydrogens (primary N) is 1. The molecule has 88 valence electrons. The van der Waals surface area contributed by atoms with Gasteiger partial charge in [0.25, 0.3) is 0 Å². The van der Waals surface area contributed by atoms with Crippen molar-refractivity contribution in [3.05, 3.63) is 35.8 Å². The molecule has 0 radical (unpaired) electrons. The van der Waals surface area contributed by atoms with Crippen molar-refractivity contribution in [1.82, 2.24) is 4.57 Å². The number of hydrogen-bond acceptors (Lipinski definition) is 2. The lowest BCUT2D eigenvalue weighted by Gasteiger charge is -1.97. The van der Waals surface area contributed by atoms with E-state index in [-0.39, 0.29) is 6.42 Å². The standard InChI is InChI=1S/C11H9FN2O3/c12-7-1-2-9-8(4-7)6(3-10(15)16)5-14(9)11(13)17/h1-2,4-5H,3H2,(H2,13,17)(H,15,16). The van der Waals surface area contributed by atoms with E-state index in [0.717, 1.165) is 4.57 Å². The number of benzene rings is 1. The minimum atomic E-state index is -1.06. The number of fused-ring (bicyclic) bond motifs is 1. The minimum Gasteiger partial charge on any atom is -0.481 e. The van der Waals surface area contributed by atoms with E-state index < -0.39 is 17.8 Å². The molecule has 5 nitrogen and oxygen atoms in total. The van der Waals surface area contributed by atoms with Crippen LogP contribution in [0.2, 0.25) is 0 Å². The van der Waals surface area contributed by atoms with Gasteiger partial charge in [-0.1, -0.05) is 0 Å². The van der Waals surface area contributed by atoms with Crippen LogP contribution in [-0.4, -0.2) is 21.7 Å². The van der Waals surface area contributed by atoms with Gasteiger partial charge in [0.1, 0.15) is 5.82 Å². The highest BCUT2D eigenvalue weighted by Crippen LogP contribution is 2.22. The van der Waals surface area contributed by atoms with E-state index in [9.17, 15) is 14.0 Å². The maximum absolute atomic E-state index is 13.1. The Morgan fingerprint density at radius 3 is 2.71 bits per heavy atom. The topological polar surface area (TPSA) is 85.3 Å². The lowest BCUT2D eigenvalue weighted by Crippen LogP contribution is -2.18. The van der Waals surface area contributed by atoms with Crippen molar-refractivity contribution < 1.29 is 19.1 Å². The van der Waals surface area contributed by atoms with Gasteiger partial charge in [-0.15, -0.1) is 0 Å². The third-order valence-corrected chi connectivity index (χ3v) is 2.43. The molecule has 0 saturated carbocycles. The number of carbonyl (C=O) groups is 2. The lowest BCUT2D eigenvalue weighted by atomic mass is 10.1. The summed E-state index contributed by atoms with van der Waals surface area (Å²) < 4.78 is 14.2. The van der Waals surface area contributed by atoms with Crippen LogP contribution >= 0.6 is 0 Å². The number of primary amides is 1. The molecule has 1 amide bonds. The fourth-order valence-corrected chi connectivity index (χ4v) is 1.76. The smallest absolute Gasteiger partial charge is 0.323 e. The van der Waals surface area contributed by atoms with Crippen LogP contribution in [0.25, 0.3) is 10.9 Å². The predicted octanol–water partition coefficient (Wildman–Crippen LogP) is 1.33. The molecule has 1 aromatic heterocycles. The second-order valence-electron chi connectivity index (χ2n) is 3.59. The molecule has 2 rings (SSSR count). The van der Waals surface area contributed by atoms with E-state index in [1.165, 1.54) is 24.4 Å². The molecule has 0 aliphatic heterocycles. The first-order valence-electron chi connectivity index (χ1n) is 4.80. The number of aromatic nitrogens is 1. The Morgan fingerprint density at radius 2 is 2.12 bits per heavy atom. The van der Waals surface area contributed by atoms with E-state index in [2.05, 4.69) is 0 Å². The Morgan fingerprint density at radius 1 is 1.41 bits per heavy atom. The average molecular weight is 236 g/mol. The number of hydrogen-bond donors (Lipinski definition) is 2. The molecule has 1 heterocycles. The summed E-state index contributed by atoms with van der Waals surface area (Å²) in [6.45, 7) is 0. The van der Waals surface area contributed by atoms with Crippen LogP contribution in [-0.2, 0) is 11.2 Å². The number of amides is 1. The van der Waals surface area contributed by atoms with Crippen molar-refractivity contribution in [2.45, 2.75) is 6.42 Å². The van der Waals surface area contributed by atoms with Crippen LogP contribution in [0.4, 0.5) is 9.18 Å². The third kappa shape index (κ3) is 1.96. The zero-order valence-corrected chi connectivity index (χ0v) is 8.68. The van der Waals surface area contributed by atoms with Crippen LogP contribution in [0.3, 0.4) is 0 Å². The van der Waals surface area contributed by atoms with Crippen molar-refractivity contribution >= 4 is 22.9 Å². The maximum Gasteiger partial charge on any atom is 0.323 e. The molecule has 0 unspecified atom stereocenters. The number of carbonyl (C=O) groups excluding carboxylic acids is 1. The van der Waals surface area contributed by atoms with Crippen molar-refractivity contribution in [3.63, 3.8) is 0 Å². The fraction of sp³-hybridized carbons (Fsp3) is 0.0909. The SMILES string of the molecule is NC(=O)n1cc(CC(=O)O)c2cc(F)ccc21. The van der Waals surface area contributed by atoms with E-state index in [1.54, 1.807) is 0 Å². The molecule has 6 heteroatoms. The molecule has 0 saturated heterocycles. The van der Waals surface area contributed by atoms with Gasteiger partial charge in [0, 0.05) is 11.6 Å². The molecule has 0 atom stereocenters. The number of carboxylic acids is 1. The van der Waals surface area contributed by atoms with Gasteiger partial charge >= 0.3 is 12.0 Å². The number of halogens is 1. The molecule has 0 fully saturated rings. The molecular formula is C11H9FN2O3. The molecule has 0 aliphatic rings. The van der Waals surface area contributed by atoms with Gasteiger partial charge in [-0.3, -0.25) is 9.36 Å². The zero-order chi connectivity index (χ0) is 12.6. The Hall–Kier alpha value is -2.37. The zero-order valence-electron chi connectivity index (χ0n) is 8.68. The number of nitrogens with zero attached hydrogens (tertiary/aromatic N) is 1. The van der Waals surface area contributed by atoms with Crippen molar-refractivity contribution in [1.29, 1.82) is 0 Å².